The van der Waals surface area contributed by atoms with Crippen molar-refractivity contribution in [3.8, 4) is 5.75 Å². The number of anilines is 1. The van der Waals surface area contributed by atoms with Crippen molar-refractivity contribution in [2.24, 2.45) is 0 Å². The summed E-state index contributed by atoms with van der Waals surface area (Å²) in [6.45, 7) is 2.75. The molecule has 6 rings (SSSR count). The highest BCUT2D eigenvalue weighted by Gasteiger charge is 2.28. The van der Waals surface area contributed by atoms with Gasteiger partial charge in [-0.25, -0.2) is 16.8 Å². The van der Waals surface area contributed by atoms with E-state index in [4.69, 9.17) is 4.74 Å². The Morgan fingerprint density at radius 1 is 0.915 bits per heavy atom. The molecule has 2 heterocycles. The minimum atomic E-state index is -4.38. The molecule has 13 heteroatoms. The van der Waals surface area contributed by atoms with E-state index in [2.05, 4.69) is 40.7 Å². The third-order valence-corrected chi connectivity index (χ3v) is 11.9. The lowest BCUT2D eigenvalue weighted by Crippen LogP contribution is -2.36. The number of fused-ring (bicyclic) bond motifs is 6. The first-order valence-corrected chi connectivity index (χ1v) is 19.9. The lowest BCUT2D eigenvalue weighted by molar-refractivity contribution is -0.667. The predicted molar refractivity (Wildman–Crippen MR) is 188 cm³/mol. The van der Waals surface area contributed by atoms with Gasteiger partial charge in [0.15, 0.2) is 6.54 Å². The van der Waals surface area contributed by atoms with Crippen LogP contribution in [-0.4, -0.2) is 51.1 Å². The molecule has 0 radical (unpaired) electrons. The average molecular weight is 710 g/mol. The van der Waals surface area contributed by atoms with Crippen molar-refractivity contribution in [2.75, 3.05) is 30.1 Å². The summed E-state index contributed by atoms with van der Waals surface area (Å²) in [4.78, 5) is 3.15. The molecule has 4 aromatic carbocycles. The SMILES string of the molecule is CCC(=Cc1sc2cc(OC)c3ccccc3c2[n+]1CCCS(=O)(=O)[O-])C=C1Sc2ccc3ccccc3c2N1CCCS(=O)(=O)[O-]. The number of benzene rings is 4. The lowest BCUT2D eigenvalue weighted by atomic mass is 10.1. The lowest BCUT2D eigenvalue weighted by Gasteiger charge is -2.22. The highest BCUT2D eigenvalue weighted by atomic mass is 32.2. The maximum atomic E-state index is 11.5. The van der Waals surface area contributed by atoms with Gasteiger partial charge in [0.25, 0.3) is 5.01 Å². The summed E-state index contributed by atoms with van der Waals surface area (Å²) in [7, 11) is -7.10. The molecule has 246 valence electrons. The summed E-state index contributed by atoms with van der Waals surface area (Å²) in [5.41, 5.74) is 2.94. The zero-order chi connectivity index (χ0) is 33.3. The molecule has 1 aliphatic heterocycles. The van der Waals surface area contributed by atoms with Gasteiger partial charge in [0.2, 0.25) is 5.52 Å². The Morgan fingerprint density at radius 3 is 2.30 bits per heavy atom. The molecule has 0 saturated carbocycles. The van der Waals surface area contributed by atoms with E-state index in [1.54, 1.807) is 30.2 Å². The van der Waals surface area contributed by atoms with E-state index in [1.165, 1.54) is 0 Å². The Kier molecular flexibility index (Phi) is 9.66. The first-order chi connectivity index (χ1) is 22.5. The van der Waals surface area contributed by atoms with Crippen molar-refractivity contribution >= 4 is 86.9 Å². The fourth-order valence-electron chi connectivity index (χ4n) is 6.00. The fourth-order valence-corrected chi connectivity index (χ4v) is 9.36. The largest absolute Gasteiger partial charge is 0.748 e. The van der Waals surface area contributed by atoms with Gasteiger partial charge in [0, 0.05) is 52.3 Å². The molecule has 5 aromatic rings. The van der Waals surface area contributed by atoms with Crippen molar-refractivity contribution in [1.29, 1.82) is 0 Å². The second-order valence-corrected chi connectivity index (χ2v) is 16.4. The van der Waals surface area contributed by atoms with E-state index in [-0.39, 0.29) is 12.8 Å². The molecule has 0 unspecified atom stereocenters. The summed E-state index contributed by atoms with van der Waals surface area (Å²) in [6.07, 6.45) is 5.22. The van der Waals surface area contributed by atoms with Crippen LogP contribution in [0.15, 0.2) is 88.3 Å². The van der Waals surface area contributed by atoms with E-state index < -0.39 is 31.7 Å². The number of hydrogen-bond acceptors (Lipinski definition) is 10. The number of ether oxygens (including phenoxy) is 1. The number of methoxy groups -OCH3 is 1. The summed E-state index contributed by atoms with van der Waals surface area (Å²) in [5, 5.41) is 5.82. The molecule has 0 atom stereocenters. The Labute approximate surface area is 282 Å². The van der Waals surface area contributed by atoms with Crippen LogP contribution in [-0.2, 0) is 26.8 Å². The molecule has 1 aromatic heterocycles. The third kappa shape index (κ3) is 7.35. The van der Waals surface area contributed by atoms with Crippen molar-refractivity contribution in [3.05, 3.63) is 88.4 Å². The summed E-state index contributed by atoms with van der Waals surface area (Å²) in [6, 6.07) is 22.1. The number of thioether (sulfide) groups is 1. The van der Waals surface area contributed by atoms with Crippen molar-refractivity contribution in [1.82, 2.24) is 0 Å². The van der Waals surface area contributed by atoms with Crippen LogP contribution in [0.4, 0.5) is 5.69 Å². The molecule has 0 N–H and O–H groups in total. The molecule has 0 amide bonds. The minimum absolute atomic E-state index is 0.167. The molecule has 0 bridgehead atoms. The van der Waals surface area contributed by atoms with Crippen LogP contribution < -0.4 is 14.2 Å². The maximum Gasteiger partial charge on any atom is 0.263 e. The van der Waals surface area contributed by atoms with Crippen molar-refractivity contribution < 1.29 is 35.2 Å². The summed E-state index contributed by atoms with van der Waals surface area (Å²) < 4.78 is 77.7. The average Bonchev–Trinajstić information content (AvgIpc) is 3.56. The number of nitrogens with zero attached hydrogens (tertiary/aromatic N) is 2. The van der Waals surface area contributed by atoms with Gasteiger partial charge in [0.05, 0.1) is 43.4 Å². The Bertz CT molecular complexity index is 2280. The minimum Gasteiger partial charge on any atom is -0.748 e. The predicted octanol–water partition coefficient (Wildman–Crippen LogP) is 6.62. The third-order valence-electron chi connectivity index (χ3n) is 8.11. The van der Waals surface area contributed by atoms with Crippen LogP contribution in [0.25, 0.3) is 37.8 Å². The first-order valence-electron chi connectivity index (χ1n) is 15.1. The Morgan fingerprint density at radius 2 is 1.60 bits per heavy atom. The molecule has 0 saturated heterocycles. The monoisotopic (exact) mass is 709 g/mol. The summed E-state index contributed by atoms with van der Waals surface area (Å²) >= 11 is 3.16. The van der Waals surface area contributed by atoms with Crippen LogP contribution in [0.1, 0.15) is 31.2 Å². The Balaban J connectivity index is 1.47. The number of hydrogen-bond donors (Lipinski definition) is 0. The summed E-state index contributed by atoms with van der Waals surface area (Å²) in [5.74, 6) is -0.174. The van der Waals surface area contributed by atoms with E-state index in [0.717, 1.165) is 63.7 Å². The van der Waals surface area contributed by atoms with Gasteiger partial charge in [-0.3, -0.25) is 0 Å². The standard InChI is InChI=1S/C34H34N2O7S4/c1-3-23(20-31-35(16-8-18-46(37,38)39)33-25-11-5-4-10-24(25)14-15-29(33)44-31)21-32-36(17-9-19-47(40,41)42)34-27-13-7-6-12-26(27)28(43-2)22-30(34)45-32/h4-7,10-15,20-22H,3,8-9,16-19H2,1-2H3,(H-,37,38,39,40,41,42)/p-1. The molecule has 0 aliphatic carbocycles. The van der Waals surface area contributed by atoms with Crippen LogP contribution in [0.5, 0.6) is 5.75 Å². The number of thiazole rings is 1. The van der Waals surface area contributed by atoms with Crippen molar-refractivity contribution in [2.45, 2.75) is 37.6 Å². The second-order valence-electron chi connectivity index (χ2n) is 11.2. The van der Waals surface area contributed by atoms with E-state index in [1.807, 2.05) is 54.6 Å². The highest BCUT2D eigenvalue weighted by Crippen LogP contribution is 2.50. The van der Waals surface area contributed by atoms with Gasteiger partial charge < -0.3 is 18.7 Å². The van der Waals surface area contributed by atoms with Crippen LogP contribution in [0.2, 0.25) is 0 Å². The van der Waals surface area contributed by atoms with Gasteiger partial charge in [-0.2, -0.15) is 4.57 Å². The number of allylic oxidation sites excluding steroid dienone is 2. The number of aromatic nitrogens is 1. The van der Waals surface area contributed by atoms with E-state index in [9.17, 15) is 25.9 Å². The van der Waals surface area contributed by atoms with Crippen LogP contribution >= 0.6 is 23.1 Å². The van der Waals surface area contributed by atoms with Gasteiger partial charge in [0.1, 0.15) is 10.4 Å². The molecule has 0 spiro atoms. The highest BCUT2D eigenvalue weighted by molar-refractivity contribution is 8.03. The molecule has 9 nitrogen and oxygen atoms in total. The van der Waals surface area contributed by atoms with Crippen molar-refractivity contribution in [3.63, 3.8) is 0 Å². The number of aryl methyl sites for hydroxylation is 1. The molecular weight excluding hydrogens is 677 g/mol. The smallest absolute Gasteiger partial charge is 0.263 e. The molecule has 47 heavy (non-hydrogen) atoms. The zero-order valence-corrected chi connectivity index (χ0v) is 29.1. The van der Waals surface area contributed by atoms with Gasteiger partial charge in [-0.15, -0.1) is 0 Å². The zero-order valence-electron chi connectivity index (χ0n) is 25.8. The topological polar surface area (TPSA) is 131 Å². The number of rotatable bonds is 12. The Hall–Kier alpha value is -3.46. The van der Waals surface area contributed by atoms with Crippen LogP contribution in [0.3, 0.4) is 0 Å². The van der Waals surface area contributed by atoms with Gasteiger partial charge in [-0.05, 0) is 42.0 Å². The maximum absolute atomic E-state index is 11.5. The quantitative estimate of drug-likeness (QED) is 0.104. The second kappa shape index (κ2) is 13.6. The normalized spacial score (nSPS) is 14.9. The molecule has 0 fully saturated rings. The van der Waals surface area contributed by atoms with Gasteiger partial charge >= 0.3 is 0 Å². The van der Waals surface area contributed by atoms with Gasteiger partial charge in [-0.1, -0.05) is 78.6 Å². The first kappa shape index (κ1) is 33.4. The van der Waals surface area contributed by atoms with Crippen LogP contribution in [0, 0.1) is 0 Å². The van der Waals surface area contributed by atoms with E-state index >= 15 is 0 Å². The van der Waals surface area contributed by atoms with E-state index in [0.29, 0.717) is 19.5 Å². The molecule has 1 aliphatic rings. The fraction of sp³-hybridized carbons (Fsp3) is 0.265. The molecular formula is C34H33N2O7S4-.